The van der Waals surface area contributed by atoms with Crippen LogP contribution in [0.25, 0.3) is 10.9 Å². The Hall–Kier alpha value is -1.75. The number of benzene rings is 1. The first-order chi connectivity index (χ1) is 8.74. The lowest BCUT2D eigenvalue weighted by atomic mass is 9.92. The van der Waals surface area contributed by atoms with E-state index in [0.29, 0.717) is 5.69 Å². The molecule has 0 bridgehead atoms. The van der Waals surface area contributed by atoms with E-state index in [1.165, 1.54) is 0 Å². The maximum absolute atomic E-state index is 9.97. The fraction of sp³-hybridized carbons (Fsp3) is 0.462. The van der Waals surface area contributed by atoms with Gasteiger partial charge < -0.3 is 16.2 Å². The Kier molecular flexibility index (Phi) is 2.83. The molecule has 0 amide bonds. The fourth-order valence-corrected chi connectivity index (χ4v) is 2.61. The van der Waals surface area contributed by atoms with Gasteiger partial charge in [-0.25, -0.2) is 0 Å². The number of aromatic nitrogens is 2. The van der Waals surface area contributed by atoms with Gasteiger partial charge in [-0.1, -0.05) is 12.8 Å². The maximum atomic E-state index is 9.97. The molecule has 5 heteroatoms. The number of nitrogens with two attached hydrogens (primary N) is 1. The number of hydrogen-bond acceptors (Lipinski definition) is 4. The van der Waals surface area contributed by atoms with Crippen LogP contribution in [0.2, 0.25) is 0 Å². The first kappa shape index (κ1) is 11.3. The number of nitrogen functional groups attached to an aromatic ring is 1. The second-order valence-corrected chi connectivity index (χ2v) is 5.00. The van der Waals surface area contributed by atoms with Gasteiger partial charge in [0.1, 0.15) is 0 Å². The number of anilines is 2. The highest BCUT2D eigenvalue weighted by Gasteiger charge is 2.23. The van der Waals surface area contributed by atoms with Crippen molar-refractivity contribution < 1.29 is 5.11 Å². The third-order valence-corrected chi connectivity index (χ3v) is 3.68. The molecule has 3 rings (SSSR count). The number of nitrogens with one attached hydrogen (secondary N) is 2. The van der Waals surface area contributed by atoms with Crippen molar-refractivity contribution in [3.05, 3.63) is 18.3 Å². The molecule has 0 aliphatic heterocycles. The highest BCUT2D eigenvalue weighted by atomic mass is 16.3. The van der Waals surface area contributed by atoms with Gasteiger partial charge in [-0.15, -0.1) is 0 Å². The molecule has 1 aromatic heterocycles. The van der Waals surface area contributed by atoms with E-state index in [2.05, 4.69) is 15.5 Å². The molecular formula is C13H18N4O. The summed E-state index contributed by atoms with van der Waals surface area (Å²) in [5, 5.41) is 21.2. The first-order valence-corrected chi connectivity index (χ1v) is 6.41. The zero-order valence-corrected chi connectivity index (χ0v) is 10.2. The molecule has 1 saturated carbocycles. The van der Waals surface area contributed by atoms with E-state index in [-0.39, 0.29) is 12.1 Å². The van der Waals surface area contributed by atoms with Crippen LogP contribution in [0.15, 0.2) is 18.3 Å². The summed E-state index contributed by atoms with van der Waals surface area (Å²) in [6.45, 7) is 0. The van der Waals surface area contributed by atoms with E-state index in [1.807, 2.05) is 12.1 Å². The zero-order valence-electron chi connectivity index (χ0n) is 10.2. The predicted molar refractivity (Wildman–Crippen MR) is 72.4 cm³/mol. The normalized spacial score (nSPS) is 24.3. The second-order valence-electron chi connectivity index (χ2n) is 5.00. The Bertz CT molecular complexity index is 551. The summed E-state index contributed by atoms with van der Waals surface area (Å²) in [5.41, 5.74) is 8.55. The van der Waals surface area contributed by atoms with Gasteiger partial charge in [-0.05, 0) is 25.0 Å². The summed E-state index contributed by atoms with van der Waals surface area (Å²) in [4.78, 5) is 0. The van der Waals surface area contributed by atoms with E-state index < -0.39 is 0 Å². The van der Waals surface area contributed by atoms with Crippen molar-refractivity contribution in [3.8, 4) is 0 Å². The molecule has 2 aromatic rings. The van der Waals surface area contributed by atoms with Crippen molar-refractivity contribution in [1.29, 1.82) is 0 Å². The minimum absolute atomic E-state index is 0.0985. The molecule has 0 saturated heterocycles. The van der Waals surface area contributed by atoms with Gasteiger partial charge >= 0.3 is 0 Å². The summed E-state index contributed by atoms with van der Waals surface area (Å²) in [5.74, 6) is 0. The Morgan fingerprint density at radius 2 is 2.17 bits per heavy atom. The molecule has 1 fully saturated rings. The SMILES string of the molecule is Nc1cc2cn[nH]c2cc1NC1CCCCC1O. The van der Waals surface area contributed by atoms with Crippen molar-refractivity contribution >= 4 is 22.3 Å². The van der Waals surface area contributed by atoms with Crippen molar-refractivity contribution in [3.63, 3.8) is 0 Å². The standard InChI is InChI=1S/C13H18N4O/c14-9-5-8-7-15-17-11(8)6-12(9)16-10-3-1-2-4-13(10)18/h5-7,10,13,16,18H,1-4,14H2,(H,15,17). The van der Waals surface area contributed by atoms with Gasteiger partial charge in [0.05, 0.1) is 35.2 Å². The van der Waals surface area contributed by atoms with Gasteiger partial charge in [0, 0.05) is 5.39 Å². The molecule has 2 unspecified atom stereocenters. The molecule has 1 aliphatic carbocycles. The second kappa shape index (κ2) is 4.49. The van der Waals surface area contributed by atoms with Crippen molar-refractivity contribution in [2.45, 2.75) is 37.8 Å². The third-order valence-electron chi connectivity index (χ3n) is 3.68. The van der Waals surface area contributed by atoms with Crippen LogP contribution in [0.5, 0.6) is 0 Å². The molecule has 5 nitrogen and oxygen atoms in total. The number of aliphatic hydroxyl groups is 1. The molecule has 0 radical (unpaired) electrons. The van der Waals surface area contributed by atoms with Gasteiger partial charge in [0.15, 0.2) is 0 Å². The molecule has 1 aliphatic rings. The van der Waals surface area contributed by atoms with E-state index >= 15 is 0 Å². The van der Waals surface area contributed by atoms with Crippen LogP contribution in [0, 0.1) is 0 Å². The van der Waals surface area contributed by atoms with Crippen LogP contribution >= 0.6 is 0 Å². The van der Waals surface area contributed by atoms with Gasteiger partial charge in [0.2, 0.25) is 0 Å². The maximum Gasteiger partial charge on any atom is 0.0741 e. The average molecular weight is 246 g/mol. The number of nitrogens with zero attached hydrogens (tertiary/aromatic N) is 1. The lowest BCUT2D eigenvalue weighted by Gasteiger charge is -2.29. The molecule has 2 atom stereocenters. The fourth-order valence-electron chi connectivity index (χ4n) is 2.61. The third kappa shape index (κ3) is 2.01. The molecular weight excluding hydrogens is 228 g/mol. The summed E-state index contributed by atoms with van der Waals surface area (Å²) >= 11 is 0. The lowest BCUT2D eigenvalue weighted by molar-refractivity contribution is 0.116. The van der Waals surface area contributed by atoms with Crippen LogP contribution in [0.1, 0.15) is 25.7 Å². The summed E-state index contributed by atoms with van der Waals surface area (Å²) in [6, 6.07) is 3.96. The van der Waals surface area contributed by atoms with E-state index in [4.69, 9.17) is 5.73 Å². The minimum atomic E-state index is -0.282. The van der Waals surface area contributed by atoms with Crippen molar-refractivity contribution in [2.24, 2.45) is 0 Å². The monoisotopic (exact) mass is 246 g/mol. The number of hydrogen-bond donors (Lipinski definition) is 4. The molecule has 96 valence electrons. The molecule has 5 N–H and O–H groups in total. The molecule has 18 heavy (non-hydrogen) atoms. The Labute approximate surface area is 105 Å². The van der Waals surface area contributed by atoms with Crippen LogP contribution in [0.3, 0.4) is 0 Å². The quantitative estimate of drug-likeness (QED) is 0.609. The van der Waals surface area contributed by atoms with Crippen LogP contribution in [0.4, 0.5) is 11.4 Å². The van der Waals surface area contributed by atoms with E-state index in [1.54, 1.807) is 6.20 Å². The number of aromatic amines is 1. The van der Waals surface area contributed by atoms with E-state index in [9.17, 15) is 5.11 Å². The smallest absolute Gasteiger partial charge is 0.0741 e. The highest BCUT2D eigenvalue weighted by molar-refractivity contribution is 5.88. The number of aliphatic hydroxyl groups excluding tert-OH is 1. The largest absolute Gasteiger partial charge is 0.397 e. The Morgan fingerprint density at radius 3 is 3.00 bits per heavy atom. The molecule has 1 heterocycles. The summed E-state index contributed by atoms with van der Waals surface area (Å²) in [7, 11) is 0. The Morgan fingerprint density at radius 1 is 1.33 bits per heavy atom. The molecule has 0 spiro atoms. The summed E-state index contributed by atoms with van der Waals surface area (Å²) in [6.07, 6.45) is 5.58. The van der Waals surface area contributed by atoms with Gasteiger partial charge in [-0.2, -0.15) is 5.10 Å². The average Bonchev–Trinajstić information content (AvgIpc) is 2.79. The molecule has 1 aromatic carbocycles. The van der Waals surface area contributed by atoms with Crippen LogP contribution in [-0.4, -0.2) is 27.4 Å². The Balaban J connectivity index is 1.86. The number of fused-ring (bicyclic) bond motifs is 1. The topological polar surface area (TPSA) is 87.0 Å². The zero-order chi connectivity index (χ0) is 12.5. The number of rotatable bonds is 2. The summed E-state index contributed by atoms with van der Waals surface area (Å²) < 4.78 is 0. The van der Waals surface area contributed by atoms with Crippen molar-refractivity contribution in [2.75, 3.05) is 11.1 Å². The van der Waals surface area contributed by atoms with Gasteiger partial charge in [0.25, 0.3) is 0 Å². The minimum Gasteiger partial charge on any atom is -0.397 e. The van der Waals surface area contributed by atoms with Gasteiger partial charge in [-0.3, -0.25) is 5.10 Å². The predicted octanol–water partition coefficient (Wildman–Crippen LogP) is 1.86. The first-order valence-electron chi connectivity index (χ1n) is 6.41. The van der Waals surface area contributed by atoms with Crippen LogP contribution < -0.4 is 11.1 Å². The number of H-pyrrole nitrogens is 1. The lowest BCUT2D eigenvalue weighted by Crippen LogP contribution is -2.36. The highest BCUT2D eigenvalue weighted by Crippen LogP contribution is 2.28. The van der Waals surface area contributed by atoms with Crippen molar-refractivity contribution in [1.82, 2.24) is 10.2 Å². The van der Waals surface area contributed by atoms with E-state index in [0.717, 1.165) is 42.3 Å². The van der Waals surface area contributed by atoms with Crippen LogP contribution in [-0.2, 0) is 0 Å².